The highest BCUT2D eigenvalue weighted by Crippen LogP contribution is 2.27. The summed E-state index contributed by atoms with van der Waals surface area (Å²) in [6.07, 6.45) is 1.09. The van der Waals surface area contributed by atoms with E-state index >= 15 is 0 Å². The molecule has 5 nitrogen and oxygen atoms in total. The summed E-state index contributed by atoms with van der Waals surface area (Å²) in [6.45, 7) is 2.13. The number of hydrogen-bond donors (Lipinski definition) is 1. The van der Waals surface area contributed by atoms with Crippen LogP contribution in [0.2, 0.25) is 0 Å². The molecule has 3 rings (SSSR count). The SMILES string of the molecule is COc1ccc(S(=O)(=O)N2C[C@@H]3CN[C@@H](C3)C2)cc1. The summed E-state index contributed by atoms with van der Waals surface area (Å²) >= 11 is 0. The van der Waals surface area contributed by atoms with Crippen LogP contribution in [0.1, 0.15) is 6.42 Å². The monoisotopic (exact) mass is 282 g/mol. The van der Waals surface area contributed by atoms with Gasteiger partial charge in [-0.25, -0.2) is 8.42 Å². The smallest absolute Gasteiger partial charge is 0.243 e. The number of nitrogens with one attached hydrogen (secondary N) is 1. The van der Waals surface area contributed by atoms with Gasteiger partial charge in [-0.1, -0.05) is 0 Å². The highest BCUT2D eigenvalue weighted by Gasteiger charge is 2.38. The molecule has 2 saturated heterocycles. The highest BCUT2D eigenvalue weighted by molar-refractivity contribution is 7.89. The second kappa shape index (κ2) is 4.77. The molecule has 0 aliphatic carbocycles. The standard InChI is InChI=1S/C13H18N2O3S/c1-18-12-2-4-13(5-3-12)19(16,17)15-8-10-6-11(9-15)14-7-10/h2-5,10-11,14H,6-9H2,1H3/t10-,11-/m0/s1. The van der Waals surface area contributed by atoms with Gasteiger partial charge < -0.3 is 10.1 Å². The van der Waals surface area contributed by atoms with Gasteiger partial charge in [0.1, 0.15) is 5.75 Å². The number of piperidine rings is 1. The number of ether oxygens (including phenoxy) is 1. The molecule has 1 aromatic rings. The zero-order chi connectivity index (χ0) is 13.5. The third-order valence-electron chi connectivity index (χ3n) is 3.90. The van der Waals surface area contributed by atoms with Crippen LogP contribution in [0.25, 0.3) is 0 Å². The van der Waals surface area contributed by atoms with Gasteiger partial charge >= 0.3 is 0 Å². The van der Waals surface area contributed by atoms with Crippen molar-refractivity contribution in [1.29, 1.82) is 0 Å². The van der Waals surface area contributed by atoms with Gasteiger partial charge in [0.2, 0.25) is 10.0 Å². The van der Waals surface area contributed by atoms with Crippen LogP contribution in [-0.4, -0.2) is 45.5 Å². The first-order valence-corrected chi connectivity index (χ1v) is 7.91. The summed E-state index contributed by atoms with van der Waals surface area (Å²) in [7, 11) is -1.81. The predicted octanol–water partition coefficient (Wildman–Crippen LogP) is 0.678. The zero-order valence-corrected chi connectivity index (χ0v) is 11.7. The van der Waals surface area contributed by atoms with Gasteiger partial charge in [-0.2, -0.15) is 4.31 Å². The lowest BCUT2D eigenvalue weighted by Crippen LogP contribution is -2.44. The van der Waals surface area contributed by atoms with Gasteiger partial charge in [-0.3, -0.25) is 0 Å². The molecule has 2 aliphatic rings. The first-order valence-electron chi connectivity index (χ1n) is 6.47. The fourth-order valence-corrected chi connectivity index (χ4v) is 4.44. The fourth-order valence-electron chi connectivity index (χ4n) is 2.88. The maximum absolute atomic E-state index is 12.6. The van der Waals surface area contributed by atoms with Gasteiger partial charge in [0, 0.05) is 19.1 Å². The summed E-state index contributed by atoms with van der Waals surface area (Å²) in [5, 5.41) is 3.36. The highest BCUT2D eigenvalue weighted by atomic mass is 32.2. The molecule has 0 spiro atoms. The summed E-state index contributed by atoms with van der Waals surface area (Å²) in [4.78, 5) is 0.342. The van der Waals surface area contributed by atoms with E-state index in [0.29, 0.717) is 35.7 Å². The third kappa shape index (κ3) is 2.35. The first kappa shape index (κ1) is 12.9. The summed E-state index contributed by atoms with van der Waals surface area (Å²) in [6, 6.07) is 6.90. The fraction of sp³-hybridized carbons (Fsp3) is 0.538. The second-order valence-electron chi connectivity index (χ2n) is 5.20. The van der Waals surface area contributed by atoms with E-state index in [0.717, 1.165) is 13.0 Å². The molecule has 1 aromatic carbocycles. The average molecular weight is 282 g/mol. The van der Waals surface area contributed by atoms with Crippen molar-refractivity contribution in [1.82, 2.24) is 9.62 Å². The minimum absolute atomic E-state index is 0.312. The van der Waals surface area contributed by atoms with Crippen LogP contribution < -0.4 is 10.1 Å². The Kier molecular flexibility index (Phi) is 3.24. The molecular weight excluding hydrogens is 264 g/mol. The third-order valence-corrected chi connectivity index (χ3v) is 5.74. The molecule has 0 unspecified atom stereocenters. The van der Waals surface area contributed by atoms with Gasteiger partial charge in [-0.15, -0.1) is 0 Å². The van der Waals surface area contributed by atoms with Crippen LogP contribution in [0.4, 0.5) is 0 Å². The normalized spacial score (nSPS) is 27.4. The van der Waals surface area contributed by atoms with Crippen LogP contribution in [0, 0.1) is 5.92 Å². The van der Waals surface area contributed by atoms with Crippen molar-refractivity contribution in [2.45, 2.75) is 17.4 Å². The van der Waals surface area contributed by atoms with Crippen molar-refractivity contribution in [2.24, 2.45) is 5.92 Å². The molecule has 0 radical (unpaired) electrons. The van der Waals surface area contributed by atoms with E-state index in [9.17, 15) is 8.42 Å². The summed E-state index contributed by atoms with van der Waals surface area (Å²) in [5.41, 5.74) is 0. The van der Waals surface area contributed by atoms with E-state index in [1.807, 2.05) is 0 Å². The Labute approximate surface area is 113 Å². The van der Waals surface area contributed by atoms with Crippen LogP contribution in [-0.2, 0) is 10.0 Å². The molecule has 0 aromatic heterocycles. The largest absolute Gasteiger partial charge is 0.497 e. The molecule has 2 heterocycles. The number of rotatable bonds is 3. The molecule has 2 aliphatic heterocycles. The molecule has 104 valence electrons. The number of methoxy groups -OCH3 is 1. The average Bonchev–Trinajstić information content (AvgIpc) is 2.77. The molecular formula is C13H18N2O3S. The molecule has 0 amide bonds. The number of nitrogens with zero attached hydrogens (tertiary/aromatic N) is 1. The lowest BCUT2D eigenvalue weighted by molar-refractivity contribution is 0.295. The Bertz CT molecular complexity index is 544. The van der Waals surface area contributed by atoms with E-state index in [1.165, 1.54) is 0 Å². The maximum Gasteiger partial charge on any atom is 0.243 e. The number of benzene rings is 1. The quantitative estimate of drug-likeness (QED) is 0.885. The van der Waals surface area contributed by atoms with E-state index in [-0.39, 0.29) is 0 Å². The van der Waals surface area contributed by atoms with Gasteiger partial charge in [0.25, 0.3) is 0 Å². The Morgan fingerprint density at radius 2 is 2.00 bits per heavy atom. The molecule has 2 atom stereocenters. The second-order valence-corrected chi connectivity index (χ2v) is 7.14. The topological polar surface area (TPSA) is 58.6 Å². The summed E-state index contributed by atoms with van der Waals surface area (Å²) in [5.74, 6) is 1.12. The number of sulfonamides is 1. The van der Waals surface area contributed by atoms with E-state index in [2.05, 4.69) is 5.32 Å². The van der Waals surface area contributed by atoms with Crippen LogP contribution >= 0.6 is 0 Å². The molecule has 6 heteroatoms. The minimum atomic E-state index is -3.38. The molecule has 0 saturated carbocycles. The Hall–Kier alpha value is -1.11. The van der Waals surface area contributed by atoms with Crippen molar-refractivity contribution < 1.29 is 13.2 Å². The van der Waals surface area contributed by atoms with Gasteiger partial charge in [0.15, 0.2) is 0 Å². The van der Waals surface area contributed by atoms with Crippen molar-refractivity contribution in [3.8, 4) is 5.75 Å². The van der Waals surface area contributed by atoms with Crippen LogP contribution in [0.3, 0.4) is 0 Å². The lowest BCUT2D eigenvalue weighted by Gasteiger charge is -2.30. The Balaban J connectivity index is 1.85. The molecule has 2 bridgehead atoms. The molecule has 2 fully saturated rings. The molecule has 1 N–H and O–H groups in total. The van der Waals surface area contributed by atoms with Crippen LogP contribution in [0.15, 0.2) is 29.2 Å². The van der Waals surface area contributed by atoms with Crippen molar-refractivity contribution >= 4 is 10.0 Å². The predicted molar refractivity (Wildman–Crippen MR) is 71.7 cm³/mol. The summed E-state index contributed by atoms with van der Waals surface area (Å²) < 4.78 is 31.8. The van der Waals surface area contributed by atoms with E-state index in [4.69, 9.17) is 4.74 Å². The maximum atomic E-state index is 12.6. The Morgan fingerprint density at radius 1 is 1.26 bits per heavy atom. The van der Waals surface area contributed by atoms with E-state index in [1.54, 1.807) is 35.7 Å². The van der Waals surface area contributed by atoms with Crippen LogP contribution in [0.5, 0.6) is 5.75 Å². The first-order chi connectivity index (χ1) is 9.09. The number of fused-ring (bicyclic) bond motifs is 2. The molecule has 19 heavy (non-hydrogen) atoms. The van der Waals surface area contributed by atoms with Crippen molar-refractivity contribution in [2.75, 3.05) is 26.7 Å². The van der Waals surface area contributed by atoms with Gasteiger partial charge in [-0.05, 0) is 43.1 Å². The minimum Gasteiger partial charge on any atom is -0.497 e. The lowest BCUT2D eigenvalue weighted by atomic mass is 10.0. The number of hydrogen-bond acceptors (Lipinski definition) is 4. The van der Waals surface area contributed by atoms with Gasteiger partial charge in [0.05, 0.1) is 12.0 Å². The zero-order valence-electron chi connectivity index (χ0n) is 10.9. The van der Waals surface area contributed by atoms with E-state index < -0.39 is 10.0 Å². The Morgan fingerprint density at radius 3 is 2.63 bits per heavy atom. The van der Waals surface area contributed by atoms with Crippen molar-refractivity contribution in [3.05, 3.63) is 24.3 Å². The van der Waals surface area contributed by atoms with Crippen molar-refractivity contribution in [3.63, 3.8) is 0 Å².